The standard InChI is InChI=1S/C12H23NO4/c1-5-10(2)17-12(15)9-13(4)7-6-8-16-11(3)14/h10H,5-9H2,1-4H3. The highest BCUT2D eigenvalue weighted by Gasteiger charge is 2.10. The van der Waals surface area contributed by atoms with E-state index in [4.69, 9.17) is 9.47 Å². The molecule has 0 heterocycles. The molecule has 0 rings (SSSR count). The van der Waals surface area contributed by atoms with Crippen LogP contribution >= 0.6 is 0 Å². The third-order valence-corrected chi connectivity index (χ3v) is 2.30. The molecule has 1 atom stereocenters. The maximum atomic E-state index is 11.4. The van der Waals surface area contributed by atoms with Gasteiger partial charge in [0, 0.05) is 13.5 Å². The van der Waals surface area contributed by atoms with Crippen molar-refractivity contribution in [2.45, 2.75) is 39.7 Å². The molecule has 0 saturated carbocycles. The van der Waals surface area contributed by atoms with Gasteiger partial charge in [-0.15, -0.1) is 0 Å². The molecule has 0 fully saturated rings. The normalized spacial score (nSPS) is 12.3. The molecular formula is C12H23NO4. The lowest BCUT2D eigenvalue weighted by molar-refractivity contribution is -0.149. The van der Waals surface area contributed by atoms with Crippen LogP contribution in [0.1, 0.15) is 33.6 Å². The van der Waals surface area contributed by atoms with Crippen molar-refractivity contribution in [2.24, 2.45) is 0 Å². The number of carbonyl (C=O) groups is 2. The van der Waals surface area contributed by atoms with Gasteiger partial charge in [0.2, 0.25) is 0 Å². The molecule has 0 aliphatic heterocycles. The van der Waals surface area contributed by atoms with Crippen molar-refractivity contribution in [3.8, 4) is 0 Å². The van der Waals surface area contributed by atoms with Gasteiger partial charge in [-0.1, -0.05) is 6.92 Å². The summed E-state index contributed by atoms with van der Waals surface area (Å²) in [4.78, 5) is 23.8. The Kier molecular flexibility index (Phi) is 8.40. The summed E-state index contributed by atoms with van der Waals surface area (Å²) in [5.41, 5.74) is 0. The summed E-state index contributed by atoms with van der Waals surface area (Å²) in [6.45, 7) is 6.58. The van der Waals surface area contributed by atoms with Crippen molar-refractivity contribution >= 4 is 11.9 Å². The first-order chi connectivity index (χ1) is 7.95. The van der Waals surface area contributed by atoms with Gasteiger partial charge < -0.3 is 9.47 Å². The maximum Gasteiger partial charge on any atom is 0.320 e. The minimum absolute atomic E-state index is 0.0306. The van der Waals surface area contributed by atoms with E-state index in [-0.39, 0.29) is 24.6 Å². The summed E-state index contributed by atoms with van der Waals surface area (Å²) in [5, 5.41) is 0. The third-order valence-electron chi connectivity index (χ3n) is 2.30. The van der Waals surface area contributed by atoms with Crippen molar-refractivity contribution in [1.29, 1.82) is 0 Å². The Morgan fingerprint density at radius 3 is 2.53 bits per heavy atom. The van der Waals surface area contributed by atoms with Crippen LogP contribution in [0.3, 0.4) is 0 Å². The molecule has 17 heavy (non-hydrogen) atoms. The largest absolute Gasteiger partial charge is 0.466 e. The van der Waals surface area contributed by atoms with Gasteiger partial charge in [-0.25, -0.2) is 0 Å². The summed E-state index contributed by atoms with van der Waals surface area (Å²) in [7, 11) is 1.84. The number of hydrogen-bond acceptors (Lipinski definition) is 5. The molecule has 0 aromatic heterocycles. The molecule has 0 bridgehead atoms. The molecule has 0 radical (unpaired) electrons. The van der Waals surface area contributed by atoms with Gasteiger partial charge in [-0.3, -0.25) is 14.5 Å². The first-order valence-electron chi connectivity index (χ1n) is 5.97. The van der Waals surface area contributed by atoms with Crippen LogP contribution in [-0.2, 0) is 19.1 Å². The van der Waals surface area contributed by atoms with E-state index in [0.29, 0.717) is 19.6 Å². The summed E-state index contributed by atoms with van der Waals surface area (Å²) >= 11 is 0. The van der Waals surface area contributed by atoms with E-state index in [1.54, 1.807) is 0 Å². The Hall–Kier alpha value is -1.10. The summed E-state index contributed by atoms with van der Waals surface area (Å²) in [6, 6.07) is 0. The zero-order chi connectivity index (χ0) is 13.3. The number of rotatable bonds is 8. The minimum Gasteiger partial charge on any atom is -0.466 e. The second kappa shape index (κ2) is 8.98. The van der Waals surface area contributed by atoms with Crippen LogP contribution in [-0.4, -0.2) is 49.7 Å². The maximum absolute atomic E-state index is 11.4. The Labute approximate surface area is 103 Å². The predicted octanol–water partition coefficient (Wildman–Crippen LogP) is 1.21. The second-order valence-corrected chi connectivity index (χ2v) is 4.14. The van der Waals surface area contributed by atoms with Gasteiger partial charge in [0.25, 0.3) is 0 Å². The average molecular weight is 245 g/mol. The average Bonchev–Trinajstić information content (AvgIpc) is 2.23. The van der Waals surface area contributed by atoms with Crippen LogP contribution in [0.2, 0.25) is 0 Å². The van der Waals surface area contributed by atoms with Gasteiger partial charge in [0.1, 0.15) is 0 Å². The lowest BCUT2D eigenvalue weighted by Gasteiger charge is -2.17. The zero-order valence-electron chi connectivity index (χ0n) is 11.2. The van der Waals surface area contributed by atoms with Crippen molar-refractivity contribution < 1.29 is 19.1 Å². The molecule has 0 aromatic carbocycles. The predicted molar refractivity (Wildman–Crippen MR) is 64.6 cm³/mol. The molecule has 0 amide bonds. The zero-order valence-corrected chi connectivity index (χ0v) is 11.2. The lowest BCUT2D eigenvalue weighted by Crippen LogP contribution is -2.30. The van der Waals surface area contributed by atoms with E-state index in [1.165, 1.54) is 6.92 Å². The number of likely N-dealkylation sites (N-methyl/N-ethyl adjacent to an activating group) is 1. The SMILES string of the molecule is CCC(C)OC(=O)CN(C)CCCOC(C)=O. The molecule has 5 nitrogen and oxygen atoms in total. The third kappa shape index (κ3) is 9.81. The van der Waals surface area contributed by atoms with E-state index < -0.39 is 0 Å². The fraction of sp³-hybridized carbons (Fsp3) is 0.833. The molecule has 0 N–H and O–H groups in total. The fourth-order valence-electron chi connectivity index (χ4n) is 1.19. The number of carbonyl (C=O) groups excluding carboxylic acids is 2. The topological polar surface area (TPSA) is 55.8 Å². The lowest BCUT2D eigenvalue weighted by atomic mass is 10.3. The molecule has 0 spiro atoms. The van der Waals surface area contributed by atoms with E-state index in [2.05, 4.69) is 0 Å². The van der Waals surface area contributed by atoms with Gasteiger partial charge in [0.05, 0.1) is 19.3 Å². The fourth-order valence-corrected chi connectivity index (χ4v) is 1.19. The second-order valence-electron chi connectivity index (χ2n) is 4.14. The Bertz CT molecular complexity index is 243. The van der Waals surface area contributed by atoms with Crippen molar-refractivity contribution in [1.82, 2.24) is 4.90 Å². The Morgan fingerprint density at radius 1 is 1.35 bits per heavy atom. The quantitative estimate of drug-likeness (QED) is 0.475. The van der Waals surface area contributed by atoms with E-state index in [1.807, 2.05) is 25.8 Å². The van der Waals surface area contributed by atoms with Crippen LogP contribution in [0.15, 0.2) is 0 Å². The van der Waals surface area contributed by atoms with Gasteiger partial charge in [-0.2, -0.15) is 0 Å². The summed E-state index contributed by atoms with van der Waals surface area (Å²) in [5.74, 6) is -0.488. The first-order valence-corrected chi connectivity index (χ1v) is 5.97. The molecule has 1 unspecified atom stereocenters. The molecular weight excluding hydrogens is 222 g/mol. The van der Waals surface area contributed by atoms with Crippen molar-refractivity contribution in [2.75, 3.05) is 26.7 Å². The molecule has 0 saturated heterocycles. The van der Waals surface area contributed by atoms with Crippen LogP contribution in [0.5, 0.6) is 0 Å². The molecule has 100 valence electrons. The van der Waals surface area contributed by atoms with E-state index >= 15 is 0 Å². The Balaban J connectivity index is 3.60. The molecule has 0 aromatic rings. The summed E-state index contributed by atoms with van der Waals surface area (Å²) < 4.78 is 9.95. The first kappa shape index (κ1) is 15.9. The van der Waals surface area contributed by atoms with Crippen LogP contribution in [0, 0.1) is 0 Å². The van der Waals surface area contributed by atoms with Crippen molar-refractivity contribution in [3.05, 3.63) is 0 Å². The number of ether oxygens (including phenoxy) is 2. The van der Waals surface area contributed by atoms with E-state index in [9.17, 15) is 9.59 Å². The molecule has 5 heteroatoms. The Morgan fingerprint density at radius 2 is 2.00 bits per heavy atom. The number of nitrogens with zero attached hydrogens (tertiary/aromatic N) is 1. The monoisotopic (exact) mass is 245 g/mol. The smallest absolute Gasteiger partial charge is 0.320 e. The highest BCUT2D eigenvalue weighted by atomic mass is 16.5. The molecule has 0 aliphatic carbocycles. The van der Waals surface area contributed by atoms with Gasteiger partial charge >= 0.3 is 11.9 Å². The van der Waals surface area contributed by atoms with Crippen molar-refractivity contribution in [3.63, 3.8) is 0 Å². The van der Waals surface area contributed by atoms with Gasteiger partial charge in [0.15, 0.2) is 0 Å². The molecule has 0 aliphatic rings. The highest BCUT2D eigenvalue weighted by molar-refractivity contribution is 5.71. The van der Waals surface area contributed by atoms with Crippen LogP contribution in [0.4, 0.5) is 0 Å². The number of hydrogen-bond donors (Lipinski definition) is 0. The minimum atomic E-state index is -0.274. The summed E-state index contributed by atoms with van der Waals surface area (Å²) in [6.07, 6.45) is 1.51. The van der Waals surface area contributed by atoms with Crippen LogP contribution < -0.4 is 0 Å². The highest BCUT2D eigenvalue weighted by Crippen LogP contribution is 1.98. The van der Waals surface area contributed by atoms with Crippen LogP contribution in [0.25, 0.3) is 0 Å². The van der Waals surface area contributed by atoms with Gasteiger partial charge in [-0.05, 0) is 26.8 Å². The van der Waals surface area contributed by atoms with E-state index in [0.717, 1.165) is 6.42 Å². The number of esters is 2.